The molecule has 0 bridgehead atoms. The van der Waals surface area contributed by atoms with Crippen LogP contribution in [0.3, 0.4) is 0 Å². The number of hydrogen-bond donors (Lipinski definition) is 0. The summed E-state index contributed by atoms with van der Waals surface area (Å²) < 4.78 is 0. The van der Waals surface area contributed by atoms with E-state index >= 15 is 0 Å². The molecule has 0 aliphatic rings. The topological polar surface area (TPSA) is 66.2 Å². The van der Waals surface area contributed by atoms with Crippen molar-refractivity contribution >= 4 is 9.24 Å². The lowest BCUT2D eigenvalue weighted by Gasteiger charge is -2.03. The zero-order chi connectivity index (χ0) is 17.6. The Balaban J connectivity index is -0.000000330. The van der Waals surface area contributed by atoms with Crippen molar-refractivity contribution < 1.29 is 11.0 Å². The van der Waals surface area contributed by atoms with E-state index in [9.17, 15) is 0 Å². The fourth-order valence-electron chi connectivity index (χ4n) is 2.69. The van der Waals surface area contributed by atoms with Crippen LogP contribution in [0.4, 0.5) is 0 Å². The molecule has 0 aromatic rings. The van der Waals surface area contributed by atoms with Crippen molar-refractivity contribution in [2.24, 2.45) is 0 Å². The van der Waals surface area contributed by atoms with Crippen LogP contribution in [0, 0.1) is 0 Å². The average Bonchev–Trinajstić information content (AvgIpc) is 2.50. The first-order chi connectivity index (χ1) is 11.1. The first-order valence-electron chi connectivity index (χ1n) is 10.5. The number of hydrogen-bond acceptors (Lipinski definition) is 1. The summed E-state index contributed by atoms with van der Waals surface area (Å²) in [6.45, 7) is 2.29. The minimum absolute atomic E-state index is 0. The first-order valence-corrected chi connectivity index (χ1v) is 11.3. The van der Waals surface area contributed by atoms with E-state index in [1.54, 1.807) is 0 Å². The molecule has 25 heavy (non-hydrogen) atoms. The molecule has 158 valence electrons. The predicted octanol–water partition coefficient (Wildman–Crippen LogP) is 5.65. The minimum atomic E-state index is 0. The van der Waals surface area contributed by atoms with Crippen molar-refractivity contribution in [1.29, 1.82) is 0 Å². The molecular weight excluding hydrogens is 329 g/mol. The van der Waals surface area contributed by atoms with Gasteiger partial charge in [-0.15, -0.1) is 9.24 Å². The lowest BCUT2D eigenvalue weighted by Crippen LogP contribution is -1.99. The van der Waals surface area contributed by atoms with E-state index in [4.69, 9.17) is 0 Å². The first kappa shape index (κ1) is 32.9. The van der Waals surface area contributed by atoms with Gasteiger partial charge in [-0.2, -0.15) is 0 Å². The molecule has 0 rings (SSSR count). The van der Waals surface area contributed by atoms with Crippen molar-refractivity contribution in [2.45, 2.75) is 110 Å². The Morgan fingerprint density at radius 1 is 0.480 bits per heavy atom. The summed E-state index contributed by atoms with van der Waals surface area (Å²) in [5.74, 6) is 0. The SMILES string of the molecule is CCCCCCCCCCCCCCCCCCP.CN(C)C.O.O. The third-order valence-corrected chi connectivity index (χ3v) is 4.47. The lowest BCUT2D eigenvalue weighted by molar-refractivity contribution is 0.505. The normalized spacial score (nSPS) is 9.84. The molecule has 0 radical (unpaired) electrons. The van der Waals surface area contributed by atoms with Crippen molar-refractivity contribution in [1.82, 2.24) is 4.90 Å². The second-order valence-electron chi connectivity index (χ2n) is 7.43. The van der Waals surface area contributed by atoms with Crippen molar-refractivity contribution in [2.75, 3.05) is 27.3 Å². The monoisotopic (exact) mass is 381 g/mol. The molecule has 0 aliphatic carbocycles. The summed E-state index contributed by atoms with van der Waals surface area (Å²) in [5, 5.41) is 0. The molecule has 1 atom stereocenters. The molecule has 0 amide bonds. The Bertz CT molecular complexity index is 174. The smallest absolute Gasteiger partial charge is 0.0140 e. The predicted molar refractivity (Wildman–Crippen MR) is 121 cm³/mol. The van der Waals surface area contributed by atoms with E-state index in [0.717, 1.165) is 0 Å². The van der Waals surface area contributed by atoms with Crippen LogP contribution in [-0.2, 0) is 0 Å². The largest absolute Gasteiger partial charge is 0.412 e. The van der Waals surface area contributed by atoms with Crippen LogP contribution in [0.15, 0.2) is 0 Å². The highest BCUT2D eigenvalue weighted by Crippen LogP contribution is 2.13. The molecule has 0 heterocycles. The summed E-state index contributed by atoms with van der Waals surface area (Å²) in [6, 6.07) is 0. The average molecular weight is 382 g/mol. The maximum Gasteiger partial charge on any atom is -0.0140 e. The van der Waals surface area contributed by atoms with Crippen LogP contribution in [0.25, 0.3) is 0 Å². The van der Waals surface area contributed by atoms with Gasteiger partial charge in [-0.1, -0.05) is 103 Å². The molecule has 0 saturated carbocycles. The van der Waals surface area contributed by atoms with E-state index in [1.165, 1.54) is 109 Å². The molecule has 0 fully saturated rings. The van der Waals surface area contributed by atoms with Crippen molar-refractivity contribution in [3.63, 3.8) is 0 Å². The number of nitrogens with zero attached hydrogens (tertiary/aromatic N) is 1. The molecule has 0 aliphatic heterocycles. The van der Waals surface area contributed by atoms with Gasteiger partial charge in [-0.25, -0.2) is 0 Å². The van der Waals surface area contributed by atoms with Gasteiger partial charge in [0.1, 0.15) is 0 Å². The van der Waals surface area contributed by atoms with Crippen LogP contribution in [-0.4, -0.2) is 43.2 Å². The maximum absolute atomic E-state index is 2.83. The van der Waals surface area contributed by atoms with Gasteiger partial charge in [0.05, 0.1) is 0 Å². The highest BCUT2D eigenvalue weighted by atomic mass is 31.0. The zero-order valence-electron chi connectivity index (χ0n) is 18.0. The van der Waals surface area contributed by atoms with Gasteiger partial charge in [0.2, 0.25) is 0 Å². The van der Waals surface area contributed by atoms with E-state index < -0.39 is 0 Å². The van der Waals surface area contributed by atoms with Gasteiger partial charge in [-0.05, 0) is 33.7 Å². The third-order valence-electron chi connectivity index (χ3n) is 4.06. The van der Waals surface area contributed by atoms with Gasteiger partial charge in [0, 0.05) is 0 Å². The number of unbranched alkanes of at least 4 members (excludes halogenated alkanes) is 15. The van der Waals surface area contributed by atoms with E-state index in [-0.39, 0.29) is 11.0 Å². The zero-order valence-corrected chi connectivity index (χ0v) is 19.2. The summed E-state index contributed by atoms with van der Waals surface area (Å²) in [4.78, 5) is 2.00. The maximum atomic E-state index is 2.83. The van der Waals surface area contributed by atoms with Crippen molar-refractivity contribution in [3.05, 3.63) is 0 Å². The minimum Gasteiger partial charge on any atom is -0.412 e. The third kappa shape index (κ3) is 45.5. The Morgan fingerprint density at radius 3 is 0.880 bits per heavy atom. The van der Waals surface area contributed by atoms with Gasteiger partial charge in [0.25, 0.3) is 0 Å². The fourth-order valence-corrected chi connectivity index (χ4v) is 2.98. The molecular formula is C21H52NO2P. The number of rotatable bonds is 16. The fraction of sp³-hybridized carbons (Fsp3) is 1.00. The molecule has 4 heteroatoms. The Morgan fingerprint density at radius 2 is 0.680 bits per heavy atom. The molecule has 1 unspecified atom stereocenters. The standard InChI is InChI=1S/C18H39P.C3H9N.2H2O/c1-2-3-4-5-6-7-8-9-10-11-12-13-14-15-16-17-18-19;1-4(2)3;;/h2-19H2,1H3;1-3H3;2*1H2. The van der Waals surface area contributed by atoms with Crippen LogP contribution < -0.4 is 0 Å². The summed E-state index contributed by atoms with van der Waals surface area (Å²) >= 11 is 0. The van der Waals surface area contributed by atoms with Crippen LogP contribution in [0.5, 0.6) is 0 Å². The highest BCUT2D eigenvalue weighted by molar-refractivity contribution is 7.16. The second-order valence-corrected chi connectivity index (χ2v) is 8.01. The molecule has 0 aromatic heterocycles. The van der Waals surface area contributed by atoms with E-state index in [0.29, 0.717) is 0 Å². The van der Waals surface area contributed by atoms with Gasteiger partial charge in [-0.3, -0.25) is 0 Å². The molecule has 4 N–H and O–H groups in total. The molecule has 0 saturated heterocycles. The Labute approximate surface area is 162 Å². The van der Waals surface area contributed by atoms with Gasteiger partial charge >= 0.3 is 0 Å². The highest BCUT2D eigenvalue weighted by Gasteiger charge is 1.94. The van der Waals surface area contributed by atoms with Gasteiger partial charge < -0.3 is 15.9 Å². The van der Waals surface area contributed by atoms with E-state index in [2.05, 4.69) is 16.2 Å². The molecule has 0 spiro atoms. The lowest BCUT2D eigenvalue weighted by atomic mass is 10.0. The van der Waals surface area contributed by atoms with Crippen LogP contribution in [0.2, 0.25) is 0 Å². The van der Waals surface area contributed by atoms with Crippen LogP contribution in [0.1, 0.15) is 110 Å². The Kier molecular flexibility index (Phi) is 42.2. The summed E-state index contributed by atoms with van der Waals surface area (Å²) in [7, 11) is 8.83. The van der Waals surface area contributed by atoms with E-state index in [1.807, 2.05) is 26.0 Å². The second kappa shape index (κ2) is 32.0. The molecule has 3 nitrogen and oxygen atoms in total. The summed E-state index contributed by atoms with van der Waals surface area (Å²) in [5.41, 5.74) is 0. The van der Waals surface area contributed by atoms with Crippen LogP contribution >= 0.6 is 9.24 Å². The van der Waals surface area contributed by atoms with Crippen molar-refractivity contribution in [3.8, 4) is 0 Å². The molecule has 0 aromatic carbocycles. The Hall–Kier alpha value is 0.310. The quantitative estimate of drug-likeness (QED) is 0.251. The van der Waals surface area contributed by atoms with Gasteiger partial charge in [0.15, 0.2) is 0 Å². The summed E-state index contributed by atoms with van der Waals surface area (Å²) in [6.07, 6.45) is 24.7.